The van der Waals surface area contributed by atoms with Crippen molar-refractivity contribution in [2.45, 2.75) is 65.5 Å². The number of halogens is 1. The zero-order valence-corrected chi connectivity index (χ0v) is 25.5. The molecule has 222 valence electrons. The van der Waals surface area contributed by atoms with E-state index in [4.69, 9.17) is 0 Å². The van der Waals surface area contributed by atoms with Crippen molar-refractivity contribution < 1.29 is 24.6 Å². The Bertz CT molecular complexity index is 1830. The maximum atomic E-state index is 13.9. The Balaban J connectivity index is 1.37. The van der Waals surface area contributed by atoms with Gasteiger partial charge in [-0.2, -0.15) is 5.10 Å². The van der Waals surface area contributed by atoms with Crippen LogP contribution in [0.2, 0.25) is 0 Å². The standard InChI is InChI=1S/C29H29BrN8O5/c1-14-5-6-22(30)34-26(14)35-27(42)29(43)13-28(4)8-21(28)38(29)23(41)11-37-25-18(24(36-37)15(2)40)7-19(33-20(25)12-39)17-9-31-16(3)32-10-17/h5-7,9-10,21,39,43H,8,11-13H2,1-4H3,(H,34,35,42)/t21-,28-,29-/m1/s1. The van der Waals surface area contributed by atoms with Gasteiger partial charge in [0.1, 0.15) is 28.5 Å². The zero-order valence-electron chi connectivity index (χ0n) is 23.9. The summed E-state index contributed by atoms with van der Waals surface area (Å²) in [4.78, 5) is 58.6. The Morgan fingerprint density at radius 3 is 2.56 bits per heavy atom. The van der Waals surface area contributed by atoms with E-state index in [1.54, 1.807) is 44.4 Å². The third-order valence-electron chi connectivity index (χ3n) is 8.24. The molecular formula is C29H29BrN8O5. The summed E-state index contributed by atoms with van der Waals surface area (Å²) in [6, 6.07) is 4.80. The smallest absolute Gasteiger partial charge is 0.278 e. The molecular weight excluding hydrogens is 620 g/mol. The molecule has 0 radical (unpaired) electrons. The number of aliphatic hydroxyl groups is 2. The number of anilines is 1. The van der Waals surface area contributed by atoms with Crippen molar-refractivity contribution in [1.29, 1.82) is 0 Å². The fraction of sp³-hybridized carbons (Fsp3) is 0.379. The van der Waals surface area contributed by atoms with Crippen LogP contribution in [-0.2, 0) is 22.7 Å². The number of pyridine rings is 2. The number of piperidine rings is 1. The Labute approximate surface area is 254 Å². The quantitative estimate of drug-likeness (QED) is 0.199. The van der Waals surface area contributed by atoms with Gasteiger partial charge in [-0.1, -0.05) is 13.0 Å². The largest absolute Gasteiger partial charge is 0.390 e. The van der Waals surface area contributed by atoms with Crippen LogP contribution in [0.5, 0.6) is 0 Å². The Hall–Kier alpha value is -4.14. The van der Waals surface area contributed by atoms with E-state index in [-0.39, 0.29) is 35.5 Å². The van der Waals surface area contributed by atoms with Gasteiger partial charge < -0.3 is 20.4 Å². The molecule has 1 saturated heterocycles. The molecule has 4 aromatic heterocycles. The minimum Gasteiger partial charge on any atom is -0.390 e. The molecule has 43 heavy (non-hydrogen) atoms. The molecule has 0 spiro atoms. The van der Waals surface area contributed by atoms with Crippen LogP contribution in [0.25, 0.3) is 22.2 Å². The summed E-state index contributed by atoms with van der Waals surface area (Å²) < 4.78 is 1.81. The molecule has 1 aliphatic carbocycles. The van der Waals surface area contributed by atoms with Crippen molar-refractivity contribution in [3.05, 3.63) is 58.0 Å². The Morgan fingerprint density at radius 2 is 1.88 bits per heavy atom. The molecule has 6 rings (SSSR count). The van der Waals surface area contributed by atoms with E-state index in [0.29, 0.717) is 44.6 Å². The third-order valence-corrected chi connectivity index (χ3v) is 8.68. The molecule has 2 aliphatic rings. The molecule has 0 unspecified atom stereocenters. The van der Waals surface area contributed by atoms with Crippen LogP contribution < -0.4 is 5.32 Å². The second kappa shape index (κ2) is 10.2. The SMILES string of the molecule is CC(=O)c1nn(CC(=O)N2[C@@H]3C[C@]3(C)C[C@@]2(O)C(=O)Nc2nc(Br)ccc2C)c2c(CO)nc(-c3cnc(C)nc3)cc12. The third kappa shape index (κ3) is 4.88. The lowest BCUT2D eigenvalue weighted by Gasteiger charge is -2.35. The van der Waals surface area contributed by atoms with Crippen molar-refractivity contribution in [1.82, 2.24) is 34.6 Å². The van der Waals surface area contributed by atoms with E-state index in [1.807, 2.05) is 6.92 Å². The summed E-state index contributed by atoms with van der Waals surface area (Å²) >= 11 is 3.29. The average Bonchev–Trinajstić information content (AvgIpc) is 3.33. The summed E-state index contributed by atoms with van der Waals surface area (Å²) in [5.41, 5.74) is -0.267. The van der Waals surface area contributed by atoms with Crippen LogP contribution in [0.3, 0.4) is 0 Å². The van der Waals surface area contributed by atoms with Crippen LogP contribution in [-0.4, -0.2) is 74.2 Å². The van der Waals surface area contributed by atoms with E-state index in [9.17, 15) is 24.6 Å². The molecule has 13 nitrogen and oxygen atoms in total. The molecule has 3 N–H and O–H groups in total. The number of aliphatic hydroxyl groups excluding tert-OH is 1. The van der Waals surface area contributed by atoms with Gasteiger partial charge in [0.25, 0.3) is 5.91 Å². The van der Waals surface area contributed by atoms with Gasteiger partial charge in [-0.3, -0.25) is 19.1 Å². The van der Waals surface area contributed by atoms with Gasteiger partial charge >= 0.3 is 0 Å². The fourth-order valence-electron chi connectivity index (χ4n) is 5.94. The first kappa shape index (κ1) is 29.0. The molecule has 1 aliphatic heterocycles. The van der Waals surface area contributed by atoms with E-state index >= 15 is 0 Å². The van der Waals surface area contributed by atoms with Gasteiger partial charge in [0.2, 0.25) is 11.6 Å². The van der Waals surface area contributed by atoms with Crippen molar-refractivity contribution in [2.24, 2.45) is 5.41 Å². The number of nitrogens with one attached hydrogen (secondary N) is 1. The van der Waals surface area contributed by atoms with Gasteiger partial charge in [-0.05, 0) is 59.3 Å². The lowest BCUT2D eigenvalue weighted by Crippen LogP contribution is -2.58. The van der Waals surface area contributed by atoms with E-state index in [2.05, 4.69) is 46.3 Å². The number of Topliss-reactive ketones (excluding diaryl/α,β-unsaturated/α-hetero) is 1. The number of likely N-dealkylation sites (tertiary alicyclic amines) is 1. The van der Waals surface area contributed by atoms with Crippen LogP contribution in [0.4, 0.5) is 5.82 Å². The molecule has 5 heterocycles. The number of rotatable bonds is 7. The van der Waals surface area contributed by atoms with Crippen LogP contribution in [0.15, 0.2) is 35.2 Å². The summed E-state index contributed by atoms with van der Waals surface area (Å²) in [6.45, 7) is 5.91. The summed E-state index contributed by atoms with van der Waals surface area (Å²) in [7, 11) is 0. The van der Waals surface area contributed by atoms with Crippen molar-refractivity contribution in [2.75, 3.05) is 5.32 Å². The van der Waals surface area contributed by atoms with Gasteiger partial charge in [-0.25, -0.2) is 19.9 Å². The highest BCUT2D eigenvalue weighted by atomic mass is 79.9. The number of nitrogens with zero attached hydrogens (tertiary/aromatic N) is 7. The lowest BCUT2D eigenvalue weighted by atomic mass is 9.98. The molecule has 14 heteroatoms. The number of hydrogen-bond donors (Lipinski definition) is 3. The van der Waals surface area contributed by atoms with E-state index in [1.165, 1.54) is 16.5 Å². The molecule has 3 atom stereocenters. The Morgan fingerprint density at radius 1 is 1.16 bits per heavy atom. The summed E-state index contributed by atoms with van der Waals surface area (Å²) in [5.74, 6) is -0.833. The molecule has 0 aromatic carbocycles. The summed E-state index contributed by atoms with van der Waals surface area (Å²) in [6.07, 6.45) is 3.87. The Kier molecular flexibility index (Phi) is 6.90. The number of carbonyl (C=O) groups excluding carboxylic acids is 3. The highest BCUT2D eigenvalue weighted by molar-refractivity contribution is 9.10. The van der Waals surface area contributed by atoms with E-state index < -0.39 is 36.1 Å². The van der Waals surface area contributed by atoms with Gasteiger partial charge in [0.05, 0.1) is 23.5 Å². The fourth-order valence-corrected chi connectivity index (χ4v) is 6.25. The van der Waals surface area contributed by atoms with E-state index in [0.717, 1.165) is 0 Å². The van der Waals surface area contributed by atoms with Gasteiger partial charge in [0, 0.05) is 42.7 Å². The zero-order chi connectivity index (χ0) is 30.8. The number of hydrogen-bond acceptors (Lipinski definition) is 10. The van der Waals surface area contributed by atoms with Crippen LogP contribution in [0.1, 0.15) is 54.3 Å². The first-order valence-corrected chi connectivity index (χ1v) is 14.4. The minimum absolute atomic E-state index is 0.0548. The first-order valence-electron chi connectivity index (χ1n) is 13.6. The molecule has 0 bridgehead atoms. The number of carbonyl (C=O) groups is 3. The lowest BCUT2D eigenvalue weighted by molar-refractivity contribution is -0.168. The topological polar surface area (TPSA) is 176 Å². The highest BCUT2D eigenvalue weighted by Crippen LogP contribution is 2.62. The first-order chi connectivity index (χ1) is 20.3. The highest BCUT2D eigenvalue weighted by Gasteiger charge is 2.71. The van der Waals surface area contributed by atoms with Crippen molar-refractivity contribution in [3.8, 4) is 11.3 Å². The summed E-state index contributed by atoms with van der Waals surface area (Å²) in [5, 5.41) is 29.5. The minimum atomic E-state index is -2.13. The maximum absolute atomic E-state index is 13.9. The maximum Gasteiger partial charge on any atom is 0.278 e. The number of aromatic nitrogens is 6. The molecule has 2 fully saturated rings. The number of aryl methyl sites for hydroxylation is 2. The average molecular weight is 650 g/mol. The number of ketones is 1. The second-order valence-electron chi connectivity index (χ2n) is 11.5. The molecule has 2 amide bonds. The van der Waals surface area contributed by atoms with Gasteiger partial charge in [0.15, 0.2) is 5.78 Å². The van der Waals surface area contributed by atoms with Gasteiger partial charge in [-0.15, -0.1) is 0 Å². The predicted octanol–water partition coefficient (Wildman–Crippen LogP) is 2.70. The van der Waals surface area contributed by atoms with Crippen LogP contribution in [0, 0.1) is 19.3 Å². The number of fused-ring (bicyclic) bond motifs is 2. The predicted molar refractivity (Wildman–Crippen MR) is 157 cm³/mol. The van der Waals surface area contributed by atoms with Crippen molar-refractivity contribution in [3.63, 3.8) is 0 Å². The molecule has 1 saturated carbocycles. The molecule has 4 aromatic rings. The second-order valence-corrected chi connectivity index (χ2v) is 12.3. The van der Waals surface area contributed by atoms with Crippen molar-refractivity contribution >= 4 is 50.2 Å². The van der Waals surface area contributed by atoms with Crippen LogP contribution >= 0.6 is 15.9 Å². The number of amides is 2. The monoisotopic (exact) mass is 648 g/mol. The normalized spacial score (nSPS) is 22.5.